The zero-order valence-corrected chi connectivity index (χ0v) is 16.9. The number of nitrogens with one attached hydrogen (secondary N) is 1. The van der Waals surface area contributed by atoms with Crippen LogP contribution >= 0.6 is 0 Å². The molecule has 1 aromatic carbocycles. The molecule has 4 rings (SSSR count). The molecule has 1 aliphatic heterocycles. The van der Waals surface area contributed by atoms with E-state index in [1.807, 2.05) is 13.0 Å². The van der Waals surface area contributed by atoms with E-state index in [9.17, 15) is 19.6 Å². The Kier molecular flexibility index (Phi) is 5.05. The molecular weight excluding hydrogens is 396 g/mol. The highest BCUT2D eigenvalue weighted by Crippen LogP contribution is 2.27. The van der Waals surface area contributed by atoms with E-state index in [0.29, 0.717) is 12.2 Å². The van der Waals surface area contributed by atoms with Crippen molar-refractivity contribution in [1.82, 2.24) is 19.7 Å². The predicted octanol–water partition coefficient (Wildman–Crippen LogP) is 2.79. The molecule has 3 aromatic rings. The minimum Gasteiger partial charge on any atom is -0.305 e. The highest BCUT2D eigenvalue weighted by atomic mass is 16.2. The van der Waals surface area contributed by atoms with Crippen LogP contribution < -0.4 is 5.32 Å². The number of imide groups is 1. The van der Waals surface area contributed by atoms with Crippen LogP contribution in [0, 0.1) is 11.3 Å². The Morgan fingerprint density at radius 3 is 2.65 bits per heavy atom. The summed E-state index contributed by atoms with van der Waals surface area (Å²) in [6.45, 7) is 3.70. The van der Waals surface area contributed by atoms with Crippen LogP contribution in [-0.4, -0.2) is 43.4 Å². The molecule has 1 unspecified atom stereocenters. The average Bonchev–Trinajstić information content (AvgIpc) is 3.31. The zero-order chi connectivity index (χ0) is 22.1. The molecule has 1 N–H and O–H groups in total. The maximum atomic E-state index is 12.9. The molecule has 0 saturated carbocycles. The lowest BCUT2D eigenvalue weighted by molar-refractivity contribution is 0.0593. The molecule has 0 spiro atoms. The topological polar surface area (TPSA) is 121 Å². The van der Waals surface area contributed by atoms with Crippen LogP contribution in [0.1, 0.15) is 56.9 Å². The molecule has 9 nitrogen and oxygen atoms in total. The van der Waals surface area contributed by atoms with Gasteiger partial charge in [-0.15, -0.1) is 0 Å². The Labute approximate surface area is 177 Å². The van der Waals surface area contributed by atoms with Gasteiger partial charge < -0.3 is 5.32 Å². The van der Waals surface area contributed by atoms with Gasteiger partial charge in [0.25, 0.3) is 17.7 Å². The molecule has 0 fully saturated rings. The third-order valence-electron chi connectivity index (χ3n) is 5.20. The molecule has 154 valence electrons. The van der Waals surface area contributed by atoms with Crippen molar-refractivity contribution in [2.45, 2.75) is 26.3 Å². The molecule has 1 atom stereocenters. The minimum absolute atomic E-state index is 0.161. The van der Waals surface area contributed by atoms with Crippen LogP contribution in [0.2, 0.25) is 0 Å². The van der Waals surface area contributed by atoms with Crippen LogP contribution in [0.15, 0.2) is 48.8 Å². The third kappa shape index (κ3) is 3.34. The first kappa shape index (κ1) is 20.0. The molecule has 0 saturated heterocycles. The van der Waals surface area contributed by atoms with Crippen molar-refractivity contribution in [3.63, 3.8) is 0 Å². The van der Waals surface area contributed by atoms with Gasteiger partial charge in [0.2, 0.25) is 0 Å². The quantitative estimate of drug-likeness (QED) is 0.641. The van der Waals surface area contributed by atoms with Crippen LogP contribution in [0.25, 0.3) is 5.82 Å². The highest BCUT2D eigenvalue weighted by molar-refractivity contribution is 6.22. The van der Waals surface area contributed by atoms with Gasteiger partial charge in [-0.1, -0.05) is 13.0 Å². The molecule has 1 aliphatic rings. The van der Waals surface area contributed by atoms with E-state index in [0.717, 1.165) is 0 Å². The number of nitriles is 1. The van der Waals surface area contributed by atoms with Gasteiger partial charge in [0, 0.05) is 17.8 Å². The second-order valence-corrected chi connectivity index (χ2v) is 7.07. The van der Waals surface area contributed by atoms with Gasteiger partial charge in [-0.2, -0.15) is 15.0 Å². The molecule has 0 radical (unpaired) electrons. The summed E-state index contributed by atoms with van der Waals surface area (Å²) >= 11 is 0. The maximum absolute atomic E-state index is 12.9. The summed E-state index contributed by atoms with van der Waals surface area (Å²) in [5, 5.41) is 16.2. The molecule has 9 heteroatoms. The molecule has 3 amide bonds. The van der Waals surface area contributed by atoms with Gasteiger partial charge in [-0.3, -0.25) is 19.3 Å². The number of rotatable bonds is 5. The van der Waals surface area contributed by atoms with Crippen LogP contribution in [0.5, 0.6) is 0 Å². The fourth-order valence-electron chi connectivity index (χ4n) is 3.37. The van der Waals surface area contributed by atoms with Crippen LogP contribution in [-0.2, 0) is 0 Å². The predicted molar refractivity (Wildman–Crippen MR) is 111 cm³/mol. The van der Waals surface area contributed by atoms with Gasteiger partial charge in [0.05, 0.1) is 17.3 Å². The molecule has 0 aliphatic carbocycles. The number of carbonyl (C=O) groups excluding carboxylic acids is 3. The summed E-state index contributed by atoms with van der Waals surface area (Å²) in [7, 11) is 0. The fraction of sp³-hybridized carbons (Fsp3) is 0.182. The van der Waals surface area contributed by atoms with Crippen molar-refractivity contribution in [2.75, 3.05) is 5.32 Å². The third-order valence-corrected chi connectivity index (χ3v) is 5.20. The Balaban J connectivity index is 1.66. The lowest BCUT2D eigenvalue weighted by atomic mass is 10.1. The number of amides is 3. The molecule has 3 heterocycles. The molecule has 31 heavy (non-hydrogen) atoms. The fourth-order valence-corrected chi connectivity index (χ4v) is 3.37. The van der Waals surface area contributed by atoms with Crippen molar-refractivity contribution in [3.8, 4) is 11.9 Å². The number of nitrogens with zero attached hydrogens (tertiary/aromatic N) is 5. The molecular formula is C22H18N6O3. The zero-order valence-electron chi connectivity index (χ0n) is 16.9. The SMILES string of the molecule is CCC(C)N1C(=O)c2ccc(C(=O)Nc3c(C#N)cnn3-c3ccccn3)cc2C1=O. The van der Waals surface area contributed by atoms with Crippen LogP contribution in [0.3, 0.4) is 0 Å². The van der Waals surface area contributed by atoms with Crippen molar-refractivity contribution in [1.29, 1.82) is 5.26 Å². The van der Waals surface area contributed by atoms with Crippen molar-refractivity contribution >= 4 is 23.5 Å². The van der Waals surface area contributed by atoms with E-state index >= 15 is 0 Å². The smallest absolute Gasteiger partial charge is 0.261 e. The van der Waals surface area contributed by atoms with Crippen LogP contribution in [0.4, 0.5) is 5.82 Å². The van der Waals surface area contributed by atoms with E-state index < -0.39 is 11.8 Å². The van der Waals surface area contributed by atoms with E-state index in [2.05, 4.69) is 15.4 Å². The second kappa shape index (κ2) is 7.84. The number of fused-ring (bicyclic) bond motifs is 1. The maximum Gasteiger partial charge on any atom is 0.261 e. The summed E-state index contributed by atoms with van der Waals surface area (Å²) in [5.74, 6) is -0.727. The number of hydrogen-bond donors (Lipinski definition) is 1. The number of carbonyl (C=O) groups is 3. The minimum atomic E-state index is -0.542. The lowest BCUT2D eigenvalue weighted by Gasteiger charge is -2.20. The number of benzene rings is 1. The molecule has 2 aromatic heterocycles. The number of hydrogen-bond acceptors (Lipinski definition) is 6. The number of pyridine rings is 1. The van der Waals surface area contributed by atoms with Crippen molar-refractivity contribution < 1.29 is 14.4 Å². The average molecular weight is 414 g/mol. The Morgan fingerprint density at radius 2 is 1.97 bits per heavy atom. The first-order chi connectivity index (χ1) is 15.0. The van der Waals surface area contributed by atoms with E-state index in [1.54, 1.807) is 31.3 Å². The summed E-state index contributed by atoms with van der Waals surface area (Å²) in [6, 6.07) is 11.3. The first-order valence-corrected chi connectivity index (χ1v) is 9.69. The van der Waals surface area contributed by atoms with Gasteiger partial charge in [-0.25, -0.2) is 4.98 Å². The normalized spacial score (nSPS) is 13.6. The largest absolute Gasteiger partial charge is 0.305 e. The van der Waals surface area contributed by atoms with E-state index in [-0.39, 0.29) is 40.0 Å². The number of anilines is 1. The molecule has 0 bridgehead atoms. The second-order valence-electron chi connectivity index (χ2n) is 7.07. The Morgan fingerprint density at radius 1 is 1.19 bits per heavy atom. The highest BCUT2D eigenvalue weighted by Gasteiger charge is 2.38. The summed E-state index contributed by atoms with van der Waals surface area (Å²) in [4.78, 5) is 43.7. The van der Waals surface area contributed by atoms with E-state index in [1.165, 1.54) is 34.0 Å². The monoisotopic (exact) mass is 414 g/mol. The first-order valence-electron chi connectivity index (χ1n) is 9.69. The van der Waals surface area contributed by atoms with E-state index in [4.69, 9.17) is 0 Å². The number of aromatic nitrogens is 3. The van der Waals surface area contributed by atoms with Crippen molar-refractivity contribution in [3.05, 3.63) is 71.0 Å². The standard InChI is InChI=1S/C22H18N6O3/c1-3-13(2)27-21(30)16-8-7-14(10-17(16)22(27)31)20(29)26-19-15(11-23)12-25-28(19)18-6-4-5-9-24-18/h4-10,12-13H,3H2,1-2H3,(H,26,29). The Bertz CT molecular complexity index is 1240. The van der Waals surface area contributed by atoms with Gasteiger partial charge in [0.15, 0.2) is 11.6 Å². The summed E-state index contributed by atoms with van der Waals surface area (Å²) in [6.07, 6.45) is 3.54. The lowest BCUT2D eigenvalue weighted by Crippen LogP contribution is -2.37. The van der Waals surface area contributed by atoms with Gasteiger partial charge in [0.1, 0.15) is 11.6 Å². The summed E-state index contributed by atoms with van der Waals surface area (Å²) in [5.41, 5.74) is 0.813. The summed E-state index contributed by atoms with van der Waals surface area (Å²) < 4.78 is 1.35. The van der Waals surface area contributed by atoms with Gasteiger partial charge in [-0.05, 0) is 43.7 Å². The Hall–Kier alpha value is -4.32. The van der Waals surface area contributed by atoms with Crippen molar-refractivity contribution in [2.24, 2.45) is 0 Å². The van der Waals surface area contributed by atoms with Gasteiger partial charge >= 0.3 is 0 Å².